The summed E-state index contributed by atoms with van der Waals surface area (Å²) in [6, 6.07) is 8.14. The van der Waals surface area contributed by atoms with Crippen molar-refractivity contribution in [2.75, 3.05) is 5.32 Å². The molecule has 0 unspecified atom stereocenters. The van der Waals surface area contributed by atoms with Crippen LogP contribution in [0.25, 0.3) is 10.9 Å². The average molecular weight is 486 g/mol. The van der Waals surface area contributed by atoms with E-state index in [2.05, 4.69) is 20.7 Å². The lowest BCUT2D eigenvalue weighted by atomic mass is 9.90. The molecule has 186 valence electrons. The van der Waals surface area contributed by atoms with Gasteiger partial charge in [0.25, 0.3) is 5.91 Å². The number of anilines is 1. The molecule has 9 heteroatoms. The lowest BCUT2D eigenvalue weighted by Gasteiger charge is -2.31. The van der Waals surface area contributed by atoms with E-state index in [0.29, 0.717) is 41.2 Å². The molecule has 2 atom stereocenters. The second-order valence-corrected chi connectivity index (χ2v) is 9.80. The SMILES string of the molecule is CCn1nc(C2CC2)cc1C(=O)N[C@@H]1CCC[C@H](Nc2cc(C(F)(F)F)nc3ccc(C)cc23)C1. The second kappa shape index (κ2) is 9.17. The second-order valence-electron chi connectivity index (χ2n) is 9.80. The predicted octanol–water partition coefficient (Wildman–Crippen LogP) is 5.81. The minimum atomic E-state index is -4.53. The number of nitrogens with one attached hydrogen (secondary N) is 2. The Morgan fingerprint density at radius 1 is 1.11 bits per heavy atom. The van der Waals surface area contributed by atoms with Gasteiger partial charge in [-0.3, -0.25) is 9.48 Å². The lowest BCUT2D eigenvalue weighted by Crippen LogP contribution is -2.42. The van der Waals surface area contributed by atoms with E-state index in [-0.39, 0.29) is 18.0 Å². The molecule has 2 saturated carbocycles. The maximum absolute atomic E-state index is 13.5. The summed E-state index contributed by atoms with van der Waals surface area (Å²) in [5, 5.41) is 11.8. The molecule has 1 aromatic carbocycles. The molecular weight excluding hydrogens is 455 g/mol. The normalized spacial score (nSPS) is 20.7. The van der Waals surface area contributed by atoms with Crippen LogP contribution >= 0.6 is 0 Å². The van der Waals surface area contributed by atoms with Crippen LogP contribution in [0, 0.1) is 6.92 Å². The molecule has 2 aromatic heterocycles. The highest BCUT2D eigenvalue weighted by Crippen LogP contribution is 2.39. The van der Waals surface area contributed by atoms with Gasteiger partial charge in [0.2, 0.25) is 0 Å². The van der Waals surface area contributed by atoms with Crippen molar-refractivity contribution in [3.05, 3.63) is 53.0 Å². The van der Waals surface area contributed by atoms with Gasteiger partial charge in [0.15, 0.2) is 0 Å². The number of fused-ring (bicyclic) bond motifs is 1. The molecule has 2 aliphatic carbocycles. The fraction of sp³-hybridized carbons (Fsp3) is 0.500. The number of rotatable bonds is 6. The molecule has 2 N–H and O–H groups in total. The van der Waals surface area contributed by atoms with Crippen molar-refractivity contribution >= 4 is 22.5 Å². The fourth-order valence-electron chi connectivity index (χ4n) is 4.97. The Morgan fingerprint density at radius 3 is 2.60 bits per heavy atom. The Kier molecular flexibility index (Phi) is 6.19. The molecule has 0 spiro atoms. The number of pyridine rings is 1. The Balaban J connectivity index is 1.33. The van der Waals surface area contributed by atoms with Crippen molar-refractivity contribution in [2.24, 2.45) is 0 Å². The lowest BCUT2D eigenvalue weighted by molar-refractivity contribution is -0.140. The highest BCUT2D eigenvalue weighted by Gasteiger charge is 2.34. The van der Waals surface area contributed by atoms with Gasteiger partial charge in [-0.2, -0.15) is 18.3 Å². The average Bonchev–Trinajstić information content (AvgIpc) is 3.57. The standard InChI is InChI=1S/C26H30F3N5O/c1-3-34-23(13-21(33-34)16-8-9-16)25(35)31-18-6-4-5-17(12-18)30-22-14-24(26(27,28)29)32-20-10-7-15(2)11-19(20)22/h7,10-11,13-14,16-18H,3-6,8-9,12H2,1-2H3,(H,30,32)(H,31,35)/t17-,18+/m0/s1. The molecule has 6 nitrogen and oxygen atoms in total. The summed E-state index contributed by atoms with van der Waals surface area (Å²) in [5.74, 6) is 0.333. The van der Waals surface area contributed by atoms with Crippen molar-refractivity contribution < 1.29 is 18.0 Å². The highest BCUT2D eigenvalue weighted by atomic mass is 19.4. The van der Waals surface area contributed by atoms with E-state index >= 15 is 0 Å². The first-order valence-electron chi connectivity index (χ1n) is 12.3. The largest absolute Gasteiger partial charge is 0.433 e. The van der Waals surface area contributed by atoms with E-state index in [0.717, 1.165) is 49.4 Å². The number of amides is 1. The minimum absolute atomic E-state index is 0.0562. The first kappa shape index (κ1) is 23.6. The number of carbonyl (C=O) groups is 1. The molecule has 1 amide bonds. The summed E-state index contributed by atoms with van der Waals surface area (Å²) < 4.78 is 42.2. The van der Waals surface area contributed by atoms with Crippen LogP contribution < -0.4 is 10.6 Å². The number of alkyl halides is 3. The summed E-state index contributed by atoms with van der Waals surface area (Å²) in [6.07, 6.45) is 0.884. The highest BCUT2D eigenvalue weighted by molar-refractivity contribution is 5.93. The summed E-state index contributed by atoms with van der Waals surface area (Å²) in [5.41, 5.74) is 2.36. The van der Waals surface area contributed by atoms with Gasteiger partial charge in [0.1, 0.15) is 11.4 Å². The van der Waals surface area contributed by atoms with Crippen molar-refractivity contribution in [1.29, 1.82) is 0 Å². The number of hydrogen-bond donors (Lipinski definition) is 2. The van der Waals surface area contributed by atoms with Crippen LogP contribution in [0.3, 0.4) is 0 Å². The maximum atomic E-state index is 13.5. The summed E-state index contributed by atoms with van der Waals surface area (Å²) in [4.78, 5) is 16.9. The molecule has 35 heavy (non-hydrogen) atoms. The molecule has 0 aliphatic heterocycles. The summed E-state index contributed by atoms with van der Waals surface area (Å²) in [7, 11) is 0. The van der Waals surface area contributed by atoms with E-state index in [1.807, 2.05) is 26.0 Å². The van der Waals surface area contributed by atoms with E-state index in [9.17, 15) is 18.0 Å². The molecule has 3 aromatic rings. The van der Waals surface area contributed by atoms with Crippen molar-refractivity contribution in [2.45, 2.75) is 83.1 Å². The summed E-state index contributed by atoms with van der Waals surface area (Å²) >= 11 is 0. The van der Waals surface area contributed by atoms with Crippen LogP contribution in [0.15, 0.2) is 30.3 Å². The third-order valence-electron chi connectivity index (χ3n) is 6.95. The van der Waals surface area contributed by atoms with Gasteiger partial charge in [-0.15, -0.1) is 0 Å². The number of hydrogen-bond acceptors (Lipinski definition) is 4. The number of benzene rings is 1. The number of nitrogens with zero attached hydrogens (tertiary/aromatic N) is 3. The zero-order valence-electron chi connectivity index (χ0n) is 20.0. The monoisotopic (exact) mass is 485 g/mol. The fourth-order valence-corrected chi connectivity index (χ4v) is 4.97. The summed E-state index contributed by atoms with van der Waals surface area (Å²) in [6.45, 7) is 4.50. The zero-order valence-corrected chi connectivity index (χ0v) is 20.0. The minimum Gasteiger partial charge on any atom is -0.382 e. The Hall–Kier alpha value is -3.10. The van der Waals surface area contributed by atoms with E-state index in [1.165, 1.54) is 0 Å². The molecular formula is C26H30F3N5O. The van der Waals surface area contributed by atoms with Crippen molar-refractivity contribution in [3.63, 3.8) is 0 Å². The van der Waals surface area contributed by atoms with Crippen molar-refractivity contribution in [3.8, 4) is 0 Å². The molecule has 0 saturated heterocycles. The topological polar surface area (TPSA) is 71.8 Å². The van der Waals surface area contributed by atoms with Crippen molar-refractivity contribution in [1.82, 2.24) is 20.1 Å². The molecule has 0 radical (unpaired) electrons. The van der Waals surface area contributed by atoms with Crippen LogP contribution in [0.2, 0.25) is 0 Å². The first-order chi connectivity index (χ1) is 16.7. The van der Waals surface area contributed by atoms with E-state index in [1.54, 1.807) is 16.8 Å². The van der Waals surface area contributed by atoms with Crippen LogP contribution in [-0.4, -0.2) is 32.8 Å². The van der Waals surface area contributed by atoms with Crippen LogP contribution in [0.5, 0.6) is 0 Å². The number of halogens is 3. The first-order valence-corrected chi connectivity index (χ1v) is 12.3. The number of carbonyl (C=O) groups excluding carboxylic acids is 1. The van der Waals surface area contributed by atoms with Crippen LogP contribution in [0.4, 0.5) is 18.9 Å². The Morgan fingerprint density at radius 2 is 1.89 bits per heavy atom. The number of aryl methyl sites for hydroxylation is 2. The van der Waals surface area contributed by atoms with Gasteiger partial charge < -0.3 is 10.6 Å². The molecule has 2 fully saturated rings. The molecule has 2 heterocycles. The smallest absolute Gasteiger partial charge is 0.382 e. The Labute approximate surface area is 202 Å². The third-order valence-corrected chi connectivity index (χ3v) is 6.95. The third kappa shape index (κ3) is 5.13. The quantitative estimate of drug-likeness (QED) is 0.462. The van der Waals surface area contributed by atoms with Gasteiger partial charge in [0.05, 0.1) is 11.2 Å². The van der Waals surface area contributed by atoms with Gasteiger partial charge in [0, 0.05) is 35.6 Å². The number of aromatic nitrogens is 3. The zero-order chi connectivity index (χ0) is 24.7. The van der Waals surface area contributed by atoms with Gasteiger partial charge in [-0.1, -0.05) is 11.6 Å². The van der Waals surface area contributed by atoms with Crippen LogP contribution in [0.1, 0.15) is 78.8 Å². The van der Waals surface area contributed by atoms with Gasteiger partial charge in [-0.25, -0.2) is 4.98 Å². The molecule has 5 rings (SSSR count). The molecule has 2 aliphatic rings. The predicted molar refractivity (Wildman–Crippen MR) is 128 cm³/mol. The molecule has 0 bridgehead atoms. The maximum Gasteiger partial charge on any atom is 0.433 e. The van der Waals surface area contributed by atoms with E-state index in [4.69, 9.17) is 0 Å². The van der Waals surface area contributed by atoms with E-state index < -0.39 is 11.9 Å². The van der Waals surface area contributed by atoms with Crippen LogP contribution in [-0.2, 0) is 12.7 Å². The Bertz CT molecular complexity index is 1250. The van der Waals surface area contributed by atoms with Gasteiger partial charge in [-0.05, 0) is 76.6 Å². The van der Waals surface area contributed by atoms with Gasteiger partial charge >= 0.3 is 6.18 Å².